The van der Waals surface area contributed by atoms with Crippen molar-refractivity contribution >= 4 is 46.4 Å². The van der Waals surface area contributed by atoms with Crippen LogP contribution in [0.4, 0.5) is 5.69 Å². The van der Waals surface area contributed by atoms with E-state index in [0.717, 1.165) is 17.6 Å². The van der Waals surface area contributed by atoms with Gasteiger partial charge in [0.2, 0.25) is 5.43 Å². The number of ether oxygens (including phenoxy) is 6. The van der Waals surface area contributed by atoms with Gasteiger partial charge < -0.3 is 44.5 Å². The van der Waals surface area contributed by atoms with Gasteiger partial charge in [0.25, 0.3) is 0 Å². The molecule has 0 radical (unpaired) electrons. The maximum atomic E-state index is 11.9. The standard InChI is InChI=1S/C14H17NO4.C12H11NO3.C10H16O5.C6H6N/c1-3-18-13(16)12(14(17)19-4-2)10-15-11-8-6-5-7-9-11;1-2-16-12(15)9-7-13-10-6-4-3-5-8(10)11(9)14;1-4-13-7-8(9(11)14-5-2)10(12)15-6-3;7-6-4-2-1-3-5-6/h5-10,15H,3-4H2,1-2H3;3-7H,2H2,1H3,(H,13,14);7H,4-6H2,1-3H3;1-2,4-5H,7H2/q;;;+1. The minimum absolute atomic E-state index is 0.0422. The molecule has 0 spiro atoms. The van der Waals surface area contributed by atoms with E-state index in [9.17, 15) is 28.8 Å². The smallest absolute Gasteiger partial charge is 0.348 e. The van der Waals surface area contributed by atoms with Crippen LogP contribution in [0.15, 0.2) is 119 Å². The predicted octanol–water partition coefficient (Wildman–Crippen LogP) is 5.60. The van der Waals surface area contributed by atoms with Gasteiger partial charge in [-0.3, -0.25) is 4.79 Å². The minimum atomic E-state index is -0.732. The topological polar surface area (TPSA) is 212 Å². The highest BCUT2D eigenvalue weighted by molar-refractivity contribution is 6.14. The van der Waals surface area contributed by atoms with Crippen molar-refractivity contribution in [3.8, 4) is 0 Å². The van der Waals surface area contributed by atoms with E-state index in [4.69, 9.17) is 24.7 Å². The Labute approximate surface area is 331 Å². The molecule has 0 unspecified atom stereocenters. The largest absolute Gasteiger partial charge is 0.500 e. The number of allylic oxidation sites excluding steroid dienone is 5. The summed E-state index contributed by atoms with van der Waals surface area (Å²) in [5.74, 6) is -3.46. The molecule has 15 nitrogen and oxygen atoms in total. The molecule has 0 aliphatic heterocycles. The Kier molecular flexibility index (Phi) is 24.0. The van der Waals surface area contributed by atoms with Gasteiger partial charge in [-0.05, 0) is 65.8 Å². The van der Waals surface area contributed by atoms with Crippen molar-refractivity contribution in [1.82, 2.24) is 4.98 Å². The van der Waals surface area contributed by atoms with E-state index >= 15 is 0 Å². The van der Waals surface area contributed by atoms with Crippen molar-refractivity contribution in [3.63, 3.8) is 0 Å². The molecule has 0 atom stereocenters. The van der Waals surface area contributed by atoms with E-state index in [0.29, 0.717) is 17.5 Å². The number of nitrogens with one attached hydrogen (secondary N) is 2. The van der Waals surface area contributed by atoms with Gasteiger partial charge in [-0.15, -0.1) is 0 Å². The number of hydrogen-bond donors (Lipinski definition) is 3. The first-order valence-corrected chi connectivity index (χ1v) is 18.0. The second-order valence-electron chi connectivity index (χ2n) is 10.6. The highest BCUT2D eigenvalue weighted by Crippen LogP contribution is 2.09. The van der Waals surface area contributed by atoms with Crippen LogP contribution in [0.3, 0.4) is 0 Å². The van der Waals surface area contributed by atoms with Crippen LogP contribution < -0.4 is 16.5 Å². The number of carbonyl (C=O) groups excluding carboxylic acids is 5. The average molecular weight is 789 g/mol. The van der Waals surface area contributed by atoms with E-state index < -0.39 is 29.8 Å². The molecule has 0 saturated carbocycles. The zero-order chi connectivity index (χ0) is 42.4. The summed E-state index contributed by atoms with van der Waals surface area (Å²) < 4.78 is 28.7. The molecule has 1 aliphatic carbocycles. The van der Waals surface area contributed by atoms with E-state index in [2.05, 4.69) is 25.9 Å². The van der Waals surface area contributed by atoms with Crippen LogP contribution in [0, 0.1) is 6.08 Å². The quantitative estimate of drug-likeness (QED) is 0.0345. The third kappa shape index (κ3) is 18.3. The van der Waals surface area contributed by atoms with Crippen LogP contribution in [0.1, 0.15) is 51.9 Å². The summed E-state index contributed by atoms with van der Waals surface area (Å²) >= 11 is 0. The van der Waals surface area contributed by atoms with E-state index in [1.165, 1.54) is 12.4 Å². The van der Waals surface area contributed by atoms with Crippen molar-refractivity contribution in [2.24, 2.45) is 5.73 Å². The van der Waals surface area contributed by atoms with Gasteiger partial charge in [0.1, 0.15) is 29.7 Å². The highest BCUT2D eigenvalue weighted by atomic mass is 16.6. The number of rotatable bonds is 14. The van der Waals surface area contributed by atoms with Crippen LogP contribution in [-0.4, -0.2) is 74.5 Å². The Bertz CT molecular complexity index is 1920. The van der Waals surface area contributed by atoms with E-state index in [-0.39, 0.29) is 55.2 Å². The monoisotopic (exact) mass is 788 g/mol. The number of fused-ring (bicyclic) bond motifs is 1. The number of nitrogens with two attached hydrogens (primary N) is 1. The first-order valence-electron chi connectivity index (χ1n) is 18.0. The molecule has 3 aromatic rings. The molecule has 4 N–H and O–H groups in total. The first kappa shape index (κ1) is 48.0. The third-order valence-electron chi connectivity index (χ3n) is 6.52. The number of para-hydroxylation sites is 2. The Morgan fingerprint density at radius 3 is 1.70 bits per heavy atom. The third-order valence-corrected chi connectivity index (χ3v) is 6.52. The van der Waals surface area contributed by atoms with Crippen LogP contribution in [0.25, 0.3) is 10.9 Å². The number of benzene rings is 2. The molecule has 1 heterocycles. The molecule has 2 aromatic carbocycles. The maximum Gasteiger partial charge on any atom is 0.348 e. The first-order chi connectivity index (χ1) is 27.5. The summed E-state index contributed by atoms with van der Waals surface area (Å²) in [6.07, 6.45) is 13.8. The van der Waals surface area contributed by atoms with Gasteiger partial charge in [0.05, 0.1) is 45.7 Å². The molecule has 57 heavy (non-hydrogen) atoms. The predicted molar refractivity (Wildman–Crippen MR) is 214 cm³/mol. The number of pyridine rings is 1. The maximum absolute atomic E-state index is 11.9. The van der Waals surface area contributed by atoms with Crippen LogP contribution in [0.5, 0.6) is 0 Å². The van der Waals surface area contributed by atoms with Crippen molar-refractivity contribution in [3.05, 3.63) is 136 Å². The molecule has 4 rings (SSSR count). The fraction of sp³-hybridized carbons (Fsp3) is 0.286. The molecule has 1 aromatic heterocycles. The lowest BCUT2D eigenvalue weighted by molar-refractivity contribution is -0.148. The number of hydrogen-bond acceptors (Lipinski definition) is 14. The molecular formula is C42H50N3O12+. The summed E-state index contributed by atoms with van der Waals surface area (Å²) in [4.78, 5) is 72.2. The van der Waals surface area contributed by atoms with Crippen LogP contribution in [0.2, 0.25) is 0 Å². The lowest BCUT2D eigenvalue weighted by atomic mass is 10.1. The molecule has 0 saturated heterocycles. The average Bonchev–Trinajstić information content (AvgIpc) is 3.20. The fourth-order valence-corrected chi connectivity index (χ4v) is 4.01. The van der Waals surface area contributed by atoms with Gasteiger partial charge in [-0.2, -0.15) is 0 Å². The lowest BCUT2D eigenvalue weighted by Crippen LogP contribution is -2.19. The molecule has 304 valence electrons. The minimum Gasteiger partial charge on any atom is -0.500 e. The number of aromatic nitrogens is 1. The molecule has 1 aliphatic rings. The van der Waals surface area contributed by atoms with E-state index in [1.54, 1.807) is 65.8 Å². The summed E-state index contributed by atoms with van der Waals surface area (Å²) in [5.41, 5.74) is 6.92. The zero-order valence-corrected chi connectivity index (χ0v) is 33.0. The zero-order valence-electron chi connectivity index (χ0n) is 33.0. The van der Waals surface area contributed by atoms with Gasteiger partial charge in [0.15, 0.2) is 11.1 Å². The summed E-state index contributed by atoms with van der Waals surface area (Å²) in [7, 11) is 0. The van der Waals surface area contributed by atoms with Gasteiger partial charge in [0, 0.05) is 41.1 Å². The number of anilines is 1. The van der Waals surface area contributed by atoms with Crippen molar-refractivity contribution in [2.75, 3.05) is 45.0 Å². The highest BCUT2D eigenvalue weighted by Gasteiger charge is 2.22. The van der Waals surface area contributed by atoms with Crippen molar-refractivity contribution in [1.29, 1.82) is 0 Å². The lowest BCUT2D eigenvalue weighted by Gasteiger charge is -2.07. The number of aromatic amines is 1. The molecule has 0 amide bonds. The van der Waals surface area contributed by atoms with E-state index in [1.807, 2.05) is 54.6 Å². The Morgan fingerprint density at radius 1 is 0.702 bits per heavy atom. The second-order valence-corrected chi connectivity index (χ2v) is 10.6. The fourth-order valence-electron chi connectivity index (χ4n) is 4.01. The van der Waals surface area contributed by atoms with Crippen LogP contribution >= 0.6 is 0 Å². The normalized spacial score (nSPS) is 10.3. The Balaban J connectivity index is 0.000000396. The summed E-state index contributed by atoms with van der Waals surface area (Å²) in [5, 5.41) is 3.35. The Hall–Kier alpha value is -6.99. The SMILES string of the molecule is CCOC(=O)C(=CNc1ccccc1)C(=O)OCC.CCOC(=O)c1c[nH]c2ccccc2c1=O.CCOC=C(C(=O)OCC)C(=O)OCC.NC1=CC=C[C+]=C1. The van der Waals surface area contributed by atoms with Gasteiger partial charge >= 0.3 is 29.8 Å². The second kappa shape index (κ2) is 28.5. The number of H-pyrrole nitrogens is 1. The van der Waals surface area contributed by atoms with Gasteiger partial charge in [-0.25, -0.2) is 24.0 Å². The molecule has 0 bridgehead atoms. The molecule has 0 fully saturated rings. The number of esters is 5. The van der Waals surface area contributed by atoms with Gasteiger partial charge in [-0.1, -0.05) is 30.3 Å². The number of carbonyl (C=O) groups is 5. The summed E-state index contributed by atoms with van der Waals surface area (Å²) in [6.45, 7) is 11.5. The molecule has 15 heteroatoms. The summed E-state index contributed by atoms with van der Waals surface area (Å²) in [6, 6.07) is 16.2. The molecular weight excluding hydrogens is 738 g/mol. The Morgan fingerprint density at radius 2 is 1.23 bits per heavy atom. The van der Waals surface area contributed by atoms with Crippen LogP contribution in [-0.2, 0) is 47.6 Å². The van der Waals surface area contributed by atoms with Crippen molar-refractivity contribution in [2.45, 2.75) is 41.5 Å². The van der Waals surface area contributed by atoms with Crippen molar-refractivity contribution < 1.29 is 52.4 Å².